The number of nitrogens with one attached hydrogen (secondary N) is 1. The van der Waals surface area contributed by atoms with Crippen LogP contribution in [-0.2, 0) is 17.6 Å². The van der Waals surface area contributed by atoms with E-state index in [1.807, 2.05) is 91.0 Å². The average molecular weight is 423 g/mol. The minimum atomic E-state index is -0.179. The first kappa shape index (κ1) is 21.3. The van der Waals surface area contributed by atoms with E-state index in [1.165, 1.54) is 5.56 Å². The molecule has 4 rings (SSSR count). The molecule has 0 unspecified atom stereocenters. The van der Waals surface area contributed by atoms with Crippen molar-refractivity contribution in [2.45, 2.75) is 12.8 Å². The molecule has 4 heteroatoms. The number of carbonyl (C=O) groups is 2. The van der Waals surface area contributed by atoms with Gasteiger partial charge in [0.25, 0.3) is 5.91 Å². The summed E-state index contributed by atoms with van der Waals surface area (Å²) < 4.78 is 0. The molecule has 32 heavy (non-hydrogen) atoms. The van der Waals surface area contributed by atoms with Gasteiger partial charge in [-0.2, -0.15) is 0 Å². The average Bonchev–Trinajstić information content (AvgIpc) is 2.84. The first-order valence-electron chi connectivity index (χ1n) is 10.8. The Hall–Kier alpha value is -3.92. The third kappa shape index (κ3) is 4.86. The molecule has 0 saturated heterocycles. The number of rotatable bonds is 7. The second-order valence-corrected chi connectivity index (χ2v) is 7.78. The van der Waals surface area contributed by atoms with Gasteiger partial charge in [-0.3, -0.25) is 9.59 Å². The van der Waals surface area contributed by atoms with Gasteiger partial charge >= 0.3 is 0 Å². The van der Waals surface area contributed by atoms with Gasteiger partial charge in [0.15, 0.2) is 0 Å². The van der Waals surface area contributed by atoms with Crippen LogP contribution in [0.15, 0.2) is 97.1 Å². The molecule has 0 atom stereocenters. The number of amides is 2. The van der Waals surface area contributed by atoms with Crippen molar-refractivity contribution in [3.63, 3.8) is 0 Å². The van der Waals surface area contributed by atoms with Crippen LogP contribution in [-0.4, -0.2) is 25.4 Å². The minimum Gasteiger partial charge on any atom is -0.352 e. The van der Waals surface area contributed by atoms with Gasteiger partial charge < -0.3 is 10.2 Å². The Morgan fingerprint density at radius 1 is 0.781 bits per heavy atom. The molecular weight excluding hydrogens is 396 g/mol. The fraction of sp³-hybridized carbons (Fsp3) is 0.143. The minimum absolute atomic E-state index is 0.0640. The van der Waals surface area contributed by atoms with E-state index >= 15 is 0 Å². The zero-order valence-corrected chi connectivity index (χ0v) is 18.1. The highest BCUT2D eigenvalue weighted by atomic mass is 16.2. The van der Waals surface area contributed by atoms with Gasteiger partial charge in [-0.1, -0.05) is 84.9 Å². The lowest BCUT2D eigenvalue weighted by Crippen LogP contribution is -2.32. The summed E-state index contributed by atoms with van der Waals surface area (Å²) in [4.78, 5) is 27.6. The summed E-state index contributed by atoms with van der Waals surface area (Å²) in [5, 5.41) is 5.16. The Labute approximate surface area is 188 Å². The Kier molecular flexibility index (Phi) is 6.61. The number of para-hydroxylation sites is 1. The molecule has 0 aliphatic carbocycles. The monoisotopic (exact) mass is 422 g/mol. The maximum absolute atomic E-state index is 13.1. The van der Waals surface area contributed by atoms with E-state index in [1.54, 1.807) is 18.0 Å². The van der Waals surface area contributed by atoms with Crippen LogP contribution in [0.5, 0.6) is 0 Å². The van der Waals surface area contributed by atoms with Gasteiger partial charge in [-0.15, -0.1) is 0 Å². The molecule has 2 amide bonds. The van der Waals surface area contributed by atoms with Gasteiger partial charge in [0.05, 0.1) is 17.7 Å². The molecule has 0 radical (unpaired) electrons. The third-order valence-electron chi connectivity index (χ3n) is 5.65. The highest BCUT2D eigenvalue weighted by Crippen LogP contribution is 2.23. The van der Waals surface area contributed by atoms with E-state index in [0.717, 1.165) is 22.8 Å². The largest absolute Gasteiger partial charge is 0.352 e. The van der Waals surface area contributed by atoms with Crippen molar-refractivity contribution in [2.24, 2.45) is 0 Å². The second-order valence-electron chi connectivity index (χ2n) is 7.78. The summed E-state index contributed by atoms with van der Waals surface area (Å²) in [5.74, 6) is -0.243. The molecule has 0 aromatic heterocycles. The SMILES string of the molecule is CN(C(=O)Cc1cccc2ccccc12)c1ccccc1C(=O)NCCc1ccccc1. The van der Waals surface area contributed by atoms with Crippen LogP contribution in [0.4, 0.5) is 5.69 Å². The van der Waals surface area contributed by atoms with Gasteiger partial charge in [0.2, 0.25) is 5.91 Å². The number of hydrogen-bond acceptors (Lipinski definition) is 2. The molecule has 4 aromatic carbocycles. The number of carbonyl (C=O) groups excluding carboxylic acids is 2. The number of fused-ring (bicyclic) bond motifs is 1. The van der Waals surface area contributed by atoms with Gasteiger partial charge in [-0.25, -0.2) is 0 Å². The smallest absolute Gasteiger partial charge is 0.253 e. The van der Waals surface area contributed by atoms with Crippen molar-refractivity contribution in [3.05, 3.63) is 114 Å². The Bertz CT molecular complexity index is 1230. The number of likely N-dealkylation sites (N-methyl/N-ethyl adjacent to an activating group) is 1. The van der Waals surface area contributed by atoms with Crippen molar-refractivity contribution in [3.8, 4) is 0 Å². The van der Waals surface area contributed by atoms with Crippen molar-refractivity contribution in [2.75, 3.05) is 18.5 Å². The van der Waals surface area contributed by atoms with Crippen molar-refractivity contribution < 1.29 is 9.59 Å². The van der Waals surface area contributed by atoms with E-state index in [-0.39, 0.29) is 18.2 Å². The van der Waals surface area contributed by atoms with Crippen LogP contribution in [0, 0.1) is 0 Å². The van der Waals surface area contributed by atoms with E-state index in [4.69, 9.17) is 0 Å². The van der Waals surface area contributed by atoms with E-state index in [9.17, 15) is 9.59 Å². The molecular formula is C28H26N2O2. The fourth-order valence-electron chi connectivity index (χ4n) is 3.88. The highest BCUT2D eigenvalue weighted by Gasteiger charge is 2.19. The zero-order chi connectivity index (χ0) is 22.3. The van der Waals surface area contributed by atoms with Gasteiger partial charge in [-0.05, 0) is 40.5 Å². The Balaban J connectivity index is 1.47. The van der Waals surface area contributed by atoms with E-state index in [2.05, 4.69) is 5.32 Å². The molecule has 0 bridgehead atoms. The molecule has 4 nitrogen and oxygen atoms in total. The van der Waals surface area contributed by atoms with Crippen molar-refractivity contribution in [1.29, 1.82) is 0 Å². The third-order valence-corrected chi connectivity index (χ3v) is 5.65. The molecule has 1 N–H and O–H groups in total. The summed E-state index contributed by atoms with van der Waals surface area (Å²) in [6.07, 6.45) is 1.02. The quantitative estimate of drug-likeness (QED) is 0.455. The maximum Gasteiger partial charge on any atom is 0.253 e. The topological polar surface area (TPSA) is 49.4 Å². The van der Waals surface area contributed by atoms with Crippen molar-refractivity contribution >= 4 is 28.3 Å². The molecule has 0 saturated carbocycles. The highest BCUT2D eigenvalue weighted by molar-refractivity contribution is 6.05. The van der Waals surface area contributed by atoms with Crippen LogP contribution < -0.4 is 10.2 Å². The fourth-order valence-corrected chi connectivity index (χ4v) is 3.88. The first-order chi connectivity index (χ1) is 15.6. The maximum atomic E-state index is 13.1. The molecule has 0 aliphatic heterocycles. The molecule has 0 fully saturated rings. The van der Waals surface area contributed by atoms with E-state index < -0.39 is 0 Å². The standard InChI is InChI=1S/C28H26N2O2/c1-30(27(31)20-23-14-9-13-22-12-5-6-15-24(22)23)26-17-8-7-16-25(26)28(32)29-19-18-21-10-3-2-4-11-21/h2-17H,18-20H2,1H3,(H,29,32). The number of benzene rings is 4. The zero-order valence-electron chi connectivity index (χ0n) is 18.1. The van der Waals surface area contributed by atoms with Crippen LogP contribution >= 0.6 is 0 Å². The lowest BCUT2D eigenvalue weighted by atomic mass is 10.0. The Morgan fingerprint density at radius 2 is 1.47 bits per heavy atom. The molecule has 0 aliphatic rings. The summed E-state index contributed by atoms with van der Waals surface area (Å²) in [6, 6.07) is 31.3. The second kappa shape index (κ2) is 9.92. The summed E-state index contributed by atoms with van der Waals surface area (Å²) in [7, 11) is 1.73. The van der Waals surface area contributed by atoms with Crippen molar-refractivity contribution in [1.82, 2.24) is 5.32 Å². The van der Waals surface area contributed by atoms with Crippen LogP contribution in [0.2, 0.25) is 0 Å². The number of nitrogens with zero attached hydrogens (tertiary/aromatic N) is 1. The molecule has 0 spiro atoms. The Morgan fingerprint density at radius 3 is 2.31 bits per heavy atom. The summed E-state index contributed by atoms with van der Waals surface area (Å²) >= 11 is 0. The number of anilines is 1. The van der Waals surface area contributed by atoms with Gasteiger partial charge in [0, 0.05) is 13.6 Å². The summed E-state index contributed by atoms with van der Waals surface area (Å²) in [6.45, 7) is 0.533. The molecule has 4 aromatic rings. The molecule has 0 heterocycles. The van der Waals surface area contributed by atoms with Crippen LogP contribution in [0.3, 0.4) is 0 Å². The lowest BCUT2D eigenvalue weighted by molar-refractivity contribution is -0.117. The molecule has 160 valence electrons. The predicted octanol–water partition coefficient (Wildman–Crippen LogP) is 5.02. The van der Waals surface area contributed by atoms with E-state index in [0.29, 0.717) is 17.8 Å². The summed E-state index contributed by atoms with van der Waals surface area (Å²) in [5.41, 5.74) is 3.25. The number of hydrogen-bond donors (Lipinski definition) is 1. The normalized spacial score (nSPS) is 10.7. The predicted molar refractivity (Wildman–Crippen MR) is 130 cm³/mol. The van der Waals surface area contributed by atoms with Crippen LogP contribution in [0.25, 0.3) is 10.8 Å². The first-order valence-corrected chi connectivity index (χ1v) is 10.8. The lowest BCUT2D eigenvalue weighted by Gasteiger charge is -2.21. The van der Waals surface area contributed by atoms with Crippen LogP contribution in [0.1, 0.15) is 21.5 Å². The van der Waals surface area contributed by atoms with Gasteiger partial charge in [0.1, 0.15) is 0 Å².